The van der Waals surface area contributed by atoms with Crippen molar-refractivity contribution < 1.29 is 39.0 Å². The highest BCUT2D eigenvalue weighted by molar-refractivity contribution is 7.15. The monoisotopic (exact) mass is 504 g/mol. The fourth-order valence-corrected chi connectivity index (χ4v) is 5.47. The largest absolute Gasteiger partial charge is 0.496 e. The first-order chi connectivity index (χ1) is 16.7. The fraction of sp³-hybridized carbons (Fsp3) is 0.385. The number of aliphatic hydroxyl groups excluding tert-OH is 4. The van der Waals surface area contributed by atoms with Crippen LogP contribution >= 0.6 is 11.3 Å². The molecule has 0 saturated carbocycles. The molecule has 1 unspecified atom stereocenters. The maximum atomic E-state index is 13.3. The number of thiophene rings is 1. The Labute approximate surface area is 207 Å². The van der Waals surface area contributed by atoms with Gasteiger partial charge in [-0.25, -0.2) is 4.39 Å². The third-order valence-electron chi connectivity index (χ3n) is 6.44. The summed E-state index contributed by atoms with van der Waals surface area (Å²) in [6.07, 6.45) is -5.39. The third kappa shape index (κ3) is 4.73. The van der Waals surface area contributed by atoms with Crippen molar-refractivity contribution in [2.75, 3.05) is 20.8 Å². The van der Waals surface area contributed by atoms with Gasteiger partial charge in [-0.1, -0.05) is 12.1 Å². The number of ether oxygens (including phenoxy) is 3. The van der Waals surface area contributed by atoms with Gasteiger partial charge in [0.05, 0.1) is 19.3 Å². The molecule has 1 saturated heterocycles. The van der Waals surface area contributed by atoms with Gasteiger partial charge in [-0.3, -0.25) is 0 Å². The first-order valence-corrected chi connectivity index (χ1v) is 12.0. The predicted octanol–water partition coefficient (Wildman–Crippen LogP) is 2.74. The highest BCUT2D eigenvalue weighted by Gasteiger charge is 2.56. The van der Waals surface area contributed by atoms with Gasteiger partial charge in [0.1, 0.15) is 36.0 Å². The van der Waals surface area contributed by atoms with Crippen LogP contribution in [0.5, 0.6) is 5.75 Å². The molecule has 0 spiro atoms. The Bertz CT molecular complexity index is 1160. The first kappa shape index (κ1) is 25.7. The first-order valence-electron chi connectivity index (χ1n) is 11.1. The number of rotatable bonds is 7. The lowest BCUT2D eigenvalue weighted by Gasteiger charge is -2.48. The number of benzene rings is 2. The predicted molar refractivity (Wildman–Crippen MR) is 129 cm³/mol. The minimum Gasteiger partial charge on any atom is -0.496 e. The van der Waals surface area contributed by atoms with E-state index in [1.807, 2.05) is 19.1 Å². The molecule has 0 amide bonds. The lowest BCUT2D eigenvalue weighted by molar-refractivity contribution is -0.366. The third-order valence-corrected chi connectivity index (χ3v) is 7.58. The maximum absolute atomic E-state index is 13.3. The van der Waals surface area contributed by atoms with Crippen LogP contribution in [0.4, 0.5) is 4.39 Å². The van der Waals surface area contributed by atoms with Crippen LogP contribution in [0.3, 0.4) is 0 Å². The highest BCUT2D eigenvalue weighted by atomic mass is 32.1. The second kappa shape index (κ2) is 10.3. The van der Waals surface area contributed by atoms with Gasteiger partial charge in [0.15, 0.2) is 0 Å². The average molecular weight is 505 g/mol. The molecule has 4 rings (SSSR count). The standard InChI is InChI=1S/C26H29FO7S/c1-14-10-20(32-2)19(26(33-3)25(31)24(30)23(29)21(13-28)34-26)12-16(14)11-18-8-9-22(35-18)15-4-6-17(27)7-5-15/h4-10,12,21,23-25,28-31H,11,13H2,1-3H3/t21-,23-,24+,25-,26?/m1/s1. The molecule has 5 atom stereocenters. The summed E-state index contributed by atoms with van der Waals surface area (Å²) in [4.78, 5) is 2.07. The van der Waals surface area contributed by atoms with E-state index >= 15 is 0 Å². The second-order valence-corrected chi connectivity index (χ2v) is 9.73. The van der Waals surface area contributed by atoms with Crippen molar-refractivity contribution in [2.45, 2.75) is 43.5 Å². The van der Waals surface area contributed by atoms with Crippen LogP contribution in [-0.2, 0) is 21.7 Å². The molecule has 3 aromatic rings. The molecule has 4 N–H and O–H groups in total. The molecular weight excluding hydrogens is 475 g/mol. The SMILES string of the molecule is COc1cc(C)c(Cc2ccc(-c3ccc(F)cc3)s2)cc1C1(OC)O[C@H](CO)[C@@H](O)[C@H](O)[C@H]1O. The lowest BCUT2D eigenvalue weighted by atomic mass is 9.86. The zero-order chi connectivity index (χ0) is 25.3. The van der Waals surface area contributed by atoms with Crippen molar-refractivity contribution in [3.05, 3.63) is 75.9 Å². The Morgan fingerprint density at radius 2 is 1.74 bits per heavy atom. The molecule has 1 fully saturated rings. The smallest absolute Gasteiger partial charge is 0.228 e. The summed E-state index contributed by atoms with van der Waals surface area (Å²) in [5.74, 6) is -1.80. The Balaban J connectivity index is 1.72. The van der Waals surface area contributed by atoms with Crippen LogP contribution < -0.4 is 4.74 Å². The van der Waals surface area contributed by atoms with E-state index in [-0.39, 0.29) is 5.82 Å². The minimum atomic E-state index is -1.88. The molecule has 188 valence electrons. The van der Waals surface area contributed by atoms with E-state index < -0.39 is 36.8 Å². The summed E-state index contributed by atoms with van der Waals surface area (Å²) in [5.41, 5.74) is 3.09. The summed E-state index contributed by atoms with van der Waals surface area (Å²) < 4.78 is 30.3. The Hall–Kier alpha value is -2.37. The molecular formula is C26H29FO7S. The molecule has 9 heteroatoms. The van der Waals surface area contributed by atoms with Gasteiger partial charge in [-0.05, 0) is 60.0 Å². The zero-order valence-electron chi connectivity index (χ0n) is 19.6. The topological polar surface area (TPSA) is 109 Å². The molecule has 7 nitrogen and oxygen atoms in total. The van der Waals surface area contributed by atoms with E-state index in [1.54, 1.807) is 35.6 Å². The molecule has 0 bridgehead atoms. The van der Waals surface area contributed by atoms with Crippen molar-refractivity contribution in [3.63, 3.8) is 0 Å². The lowest BCUT2D eigenvalue weighted by Crippen LogP contribution is -2.64. The van der Waals surface area contributed by atoms with E-state index in [0.717, 1.165) is 26.4 Å². The van der Waals surface area contributed by atoms with Crippen molar-refractivity contribution in [3.8, 4) is 16.2 Å². The number of aryl methyl sites for hydroxylation is 1. The molecule has 35 heavy (non-hydrogen) atoms. The van der Waals surface area contributed by atoms with E-state index in [0.29, 0.717) is 17.7 Å². The van der Waals surface area contributed by atoms with Crippen molar-refractivity contribution >= 4 is 11.3 Å². The van der Waals surface area contributed by atoms with Gasteiger partial charge in [-0.2, -0.15) is 0 Å². The van der Waals surface area contributed by atoms with Gasteiger partial charge >= 0.3 is 0 Å². The number of halogens is 1. The minimum absolute atomic E-state index is 0.285. The van der Waals surface area contributed by atoms with E-state index in [1.165, 1.54) is 26.4 Å². The van der Waals surface area contributed by atoms with Crippen LogP contribution in [0.25, 0.3) is 10.4 Å². The second-order valence-electron chi connectivity index (χ2n) is 8.57. The summed E-state index contributed by atoms with van der Waals surface area (Å²) in [7, 11) is 2.79. The fourth-order valence-electron chi connectivity index (χ4n) is 4.43. The van der Waals surface area contributed by atoms with Crippen LogP contribution in [0.2, 0.25) is 0 Å². The highest BCUT2D eigenvalue weighted by Crippen LogP contribution is 2.44. The van der Waals surface area contributed by atoms with Crippen molar-refractivity contribution in [1.29, 1.82) is 0 Å². The van der Waals surface area contributed by atoms with Gasteiger partial charge in [0, 0.05) is 23.3 Å². The van der Waals surface area contributed by atoms with Gasteiger partial charge in [-0.15, -0.1) is 11.3 Å². The Morgan fingerprint density at radius 1 is 1.03 bits per heavy atom. The van der Waals surface area contributed by atoms with E-state index in [4.69, 9.17) is 14.2 Å². The number of hydrogen-bond acceptors (Lipinski definition) is 8. The average Bonchev–Trinajstić information content (AvgIpc) is 3.33. The molecule has 0 radical (unpaired) electrons. The Kier molecular flexibility index (Phi) is 7.58. The van der Waals surface area contributed by atoms with Crippen LogP contribution in [-0.4, -0.2) is 65.7 Å². The van der Waals surface area contributed by atoms with Crippen molar-refractivity contribution in [2.24, 2.45) is 0 Å². The number of methoxy groups -OCH3 is 2. The summed E-state index contributed by atoms with van der Waals surface area (Å²) in [6, 6.07) is 13.9. The van der Waals surface area contributed by atoms with Gasteiger partial charge in [0.25, 0.3) is 0 Å². The maximum Gasteiger partial charge on any atom is 0.228 e. The van der Waals surface area contributed by atoms with Crippen LogP contribution in [0, 0.1) is 12.7 Å². The molecule has 2 heterocycles. The number of aliphatic hydroxyl groups is 4. The van der Waals surface area contributed by atoms with Gasteiger partial charge < -0.3 is 34.6 Å². The number of hydrogen-bond donors (Lipinski definition) is 4. The zero-order valence-corrected chi connectivity index (χ0v) is 20.5. The van der Waals surface area contributed by atoms with Crippen LogP contribution in [0.15, 0.2) is 48.5 Å². The van der Waals surface area contributed by atoms with E-state index in [2.05, 4.69) is 0 Å². The molecule has 1 aromatic heterocycles. The molecule has 1 aliphatic heterocycles. The van der Waals surface area contributed by atoms with Crippen LogP contribution in [0.1, 0.15) is 21.6 Å². The van der Waals surface area contributed by atoms with Gasteiger partial charge in [0.2, 0.25) is 5.79 Å². The summed E-state index contributed by atoms with van der Waals surface area (Å²) in [6.45, 7) is 1.35. The Morgan fingerprint density at radius 3 is 2.37 bits per heavy atom. The summed E-state index contributed by atoms with van der Waals surface area (Å²) >= 11 is 1.59. The quantitative estimate of drug-likeness (QED) is 0.392. The van der Waals surface area contributed by atoms with Crippen molar-refractivity contribution in [1.82, 2.24) is 0 Å². The normalized spacial score (nSPS) is 26.6. The molecule has 2 aromatic carbocycles. The van der Waals surface area contributed by atoms with E-state index in [9.17, 15) is 24.8 Å². The molecule has 1 aliphatic rings. The summed E-state index contributed by atoms with van der Waals surface area (Å²) in [5, 5.41) is 41.3. The molecule has 0 aliphatic carbocycles.